The Kier molecular flexibility index (Phi) is 9.33. The Morgan fingerprint density at radius 1 is 0.972 bits per heavy atom. The first-order valence-corrected chi connectivity index (χ1v) is 11.2. The van der Waals surface area contributed by atoms with Crippen LogP contribution in [0.1, 0.15) is 22.3 Å². The van der Waals surface area contributed by atoms with Crippen LogP contribution in [0.4, 0.5) is 0 Å². The second kappa shape index (κ2) is 12.6. The Labute approximate surface area is 217 Å². The van der Waals surface area contributed by atoms with Crippen LogP contribution in [0.15, 0.2) is 48.5 Å². The van der Waals surface area contributed by atoms with Gasteiger partial charge >= 0.3 is 12.0 Å². The molecule has 3 rings (SSSR count). The Morgan fingerprint density at radius 2 is 1.58 bits per heavy atom. The van der Waals surface area contributed by atoms with Gasteiger partial charge in [0.15, 0.2) is 0 Å². The molecule has 0 spiro atoms. The molecular weight excluding hydrogens is 509 g/mol. The molecule has 0 bridgehead atoms. The molecule has 1 atom stereocenters. The fraction of sp³-hybridized carbons (Fsp3) is 0.200. The van der Waals surface area contributed by atoms with E-state index in [0.717, 1.165) is 0 Å². The van der Waals surface area contributed by atoms with E-state index in [1.165, 1.54) is 39.5 Å². The Morgan fingerprint density at radius 3 is 2.14 bits per heavy atom. The number of ether oxygens (including phenoxy) is 4. The Bertz CT molecular complexity index is 1260. The number of benzene rings is 2. The number of methoxy groups -OCH3 is 3. The Hall–Kier alpha value is -4.00. The summed E-state index contributed by atoms with van der Waals surface area (Å²) in [5.74, 6) is 5.59. The Balaban J connectivity index is 1.68. The summed E-state index contributed by atoms with van der Waals surface area (Å²) in [6.07, 6.45) is -0.00379. The van der Waals surface area contributed by atoms with E-state index in [2.05, 4.69) is 27.1 Å². The molecule has 1 N–H and O–H groups in total. The van der Waals surface area contributed by atoms with Crippen LogP contribution in [0.25, 0.3) is 0 Å². The van der Waals surface area contributed by atoms with Crippen LogP contribution in [0.3, 0.4) is 0 Å². The first-order chi connectivity index (χ1) is 17.3. The summed E-state index contributed by atoms with van der Waals surface area (Å²) < 4.78 is 20.6. The molecule has 11 heteroatoms. The number of hydrogen-bond acceptors (Lipinski definition) is 8. The summed E-state index contributed by atoms with van der Waals surface area (Å²) in [5, 5.41) is 2.89. The second-order valence-corrected chi connectivity index (χ2v) is 7.83. The van der Waals surface area contributed by atoms with E-state index in [-0.39, 0.29) is 28.0 Å². The van der Waals surface area contributed by atoms with Gasteiger partial charge in [-0.05, 0) is 36.4 Å². The molecule has 36 heavy (non-hydrogen) atoms. The van der Waals surface area contributed by atoms with Crippen LogP contribution in [0, 0.1) is 11.8 Å². The largest absolute Gasteiger partial charge is 0.481 e. The molecule has 9 nitrogen and oxygen atoms in total. The van der Waals surface area contributed by atoms with Crippen molar-refractivity contribution in [1.82, 2.24) is 15.3 Å². The van der Waals surface area contributed by atoms with E-state index in [1.807, 2.05) is 0 Å². The van der Waals surface area contributed by atoms with E-state index in [4.69, 9.17) is 42.1 Å². The predicted octanol–water partition coefficient (Wildman–Crippen LogP) is 4.31. The van der Waals surface area contributed by atoms with Crippen molar-refractivity contribution in [3.8, 4) is 35.4 Å². The molecule has 0 fully saturated rings. The van der Waals surface area contributed by atoms with E-state index in [1.54, 1.807) is 30.3 Å². The number of esters is 1. The average molecular weight is 530 g/mol. The SMILES string of the molecule is COC(=O)C(CC#Cc1ccc(Oc2nc(OC)cc(OC)n2)cc1)NC(=O)c1c(Cl)cccc1Cl. The summed E-state index contributed by atoms with van der Waals surface area (Å²) in [4.78, 5) is 33.0. The third-order valence-electron chi connectivity index (χ3n) is 4.66. The van der Waals surface area contributed by atoms with Gasteiger partial charge in [0, 0.05) is 12.0 Å². The molecule has 3 aromatic rings. The number of carbonyl (C=O) groups excluding carboxylic acids is 2. The molecule has 186 valence electrons. The van der Waals surface area contributed by atoms with E-state index >= 15 is 0 Å². The van der Waals surface area contributed by atoms with Crippen LogP contribution in [0.2, 0.25) is 10.0 Å². The van der Waals surface area contributed by atoms with Crippen molar-refractivity contribution in [3.63, 3.8) is 0 Å². The lowest BCUT2D eigenvalue weighted by Crippen LogP contribution is -2.41. The van der Waals surface area contributed by atoms with Crippen molar-refractivity contribution in [3.05, 3.63) is 69.7 Å². The van der Waals surface area contributed by atoms with Crippen molar-refractivity contribution in [1.29, 1.82) is 0 Å². The van der Waals surface area contributed by atoms with Gasteiger partial charge in [-0.1, -0.05) is 41.1 Å². The van der Waals surface area contributed by atoms with E-state index in [9.17, 15) is 9.59 Å². The highest BCUT2D eigenvalue weighted by atomic mass is 35.5. The van der Waals surface area contributed by atoms with Gasteiger partial charge < -0.3 is 24.3 Å². The number of rotatable bonds is 8. The zero-order valence-corrected chi connectivity index (χ0v) is 21.0. The number of nitrogens with one attached hydrogen (secondary N) is 1. The van der Waals surface area contributed by atoms with Crippen LogP contribution < -0.4 is 19.5 Å². The average Bonchev–Trinajstić information content (AvgIpc) is 2.88. The van der Waals surface area contributed by atoms with Crippen LogP contribution in [-0.2, 0) is 9.53 Å². The van der Waals surface area contributed by atoms with Crippen LogP contribution in [-0.4, -0.2) is 49.2 Å². The molecule has 0 aliphatic rings. The van der Waals surface area contributed by atoms with Crippen molar-refractivity contribution >= 4 is 35.1 Å². The maximum atomic E-state index is 12.6. The van der Waals surface area contributed by atoms with Crippen LogP contribution >= 0.6 is 23.2 Å². The zero-order valence-electron chi connectivity index (χ0n) is 19.5. The lowest BCUT2D eigenvalue weighted by atomic mass is 10.1. The smallest absolute Gasteiger partial charge is 0.329 e. The zero-order chi connectivity index (χ0) is 26.1. The fourth-order valence-electron chi connectivity index (χ4n) is 2.89. The van der Waals surface area contributed by atoms with E-state index in [0.29, 0.717) is 23.1 Å². The molecule has 0 saturated carbocycles. The molecule has 1 unspecified atom stereocenters. The van der Waals surface area contributed by atoms with Gasteiger partial charge in [0.05, 0.1) is 43.0 Å². The van der Waals surface area contributed by atoms with Gasteiger partial charge in [-0.25, -0.2) is 4.79 Å². The maximum absolute atomic E-state index is 12.6. The maximum Gasteiger partial charge on any atom is 0.329 e. The lowest BCUT2D eigenvalue weighted by molar-refractivity contribution is -0.142. The topological polar surface area (TPSA) is 109 Å². The summed E-state index contributed by atoms with van der Waals surface area (Å²) in [6.45, 7) is 0. The third kappa shape index (κ3) is 7.01. The minimum Gasteiger partial charge on any atom is -0.481 e. The van der Waals surface area contributed by atoms with Gasteiger partial charge in [-0.3, -0.25) is 4.79 Å². The van der Waals surface area contributed by atoms with Gasteiger partial charge in [0.25, 0.3) is 5.91 Å². The van der Waals surface area contributed by atoms with Crippen molar-refractivity contribution in [2.24, 2.45) is 0 Å². The minimum atomic E-state index is -1.02. The monoisotopic (exact) mass is 529 g/mol. The molecule has 0 aliphatic carbocycles. The number of hydrogen-bond donors (Lipinski definition) is 1. The molecule has 0 aliphatic heterocycles. The molecule has 0 radical (unpaired) electrons. The van der Waals surface area contributed by atoms with Crippen molar-refractivity contribution in [2.45, 2.75) is 12.5 Å². The normalized spacial score (nSPS) is 10.9. The van der Waals surface area contributed by atoms with Gasteiger partial charge in [-0.15, -0.1) is 0 Å². The highest BCUT2D eigenvalue weighted by Gasteiger charge is 2.23. The van der Waals surface area contributed by atoms with Gasteiger partial charge in [0.1, 0.15) is 11.8 Å². The molecule has 1 heterocycles. The van der Waals surface area contributed by atoms with Crippen LogP contribution in [0.5, 0.6) is 23.5 Å². The lowest BCUT2D eigenvalue weighted by Gasteiger charge is -2.15. The fourth-order valence-corrected chi connectivity index (χ4v) is 3.46. The predicted molar refractivity (Wildman–Crippen MR) is 133 cm³/mol. The molecule has 2 aromatic carbocycles. The summed E-state index contributed by atoms with van der Waals surface area (Å²) in [6, 6.07) is 12.0. The number of nitrogens with zero attached hydrogens (tertiary/aromatic N) is 2. The van der Waals surface area contributed by atoms with Crippen molar-refractivity contribution in [2.75, 3.05) is 21.3 Å². The number of halogens is 2. The first-order valence-electron chi connectivity index (χ1n) is 10.4. The first kappa shape index (κ1) is 26.6. The quantitative estimate of drug-likeness (QED) is 0.339. The molecule has 1 aromatic heterocycles. The number of amides is 1. The molecular formula is C25H21Cl2N3O6. The number of aromatic nitrogens is 2. The summed E-state index contributed by atoms with van der Waals surface area (Å²) in [7, 11) is 4.17. The van der Waals surface area contributed by atoms with Gasteiger partial charge in [-0.2, -0.15) is 9.97 Å². The third-order valence-corrected chi connectivity index (χ3v) is 5.29. The highest BCUT2D eigenvalue weighted by Crippen LogP contribution is 2.25. The van der Waals surface area contributed by atoms with E-state index < -0.39 is 17.9 Å². The highest BCUT2D eigenvalue weighted by molar-refractivity contribution is 6.39. The summed E-state index contributed by atoms with van der Waals surface area (Å²) >= 11 is 12.2. The minimum absolute atomic E-state index is 0.00379. The van der Waals surface area contributed by atoms with Crippen molar-refractivity contribution < 1.29 is 28.5 Å². The number of carbonyl (C=O) groups is 2. The standard InChI is InChI=1S/C25H21Cl2N3O6/c1-33-20-14-21(34-2)30-25(29-20)36-16-12-10-15(11-13-16)6-4-9-19(24(32)35-3)28-23(31)22-17(26)7-5-8-18(22)27/h5,7-8,10-14,19H,9H2,1-3H3,(H,28,31). The van der Waals surface area contributed by atoms with Gasteiger partial charge in [0.2, 0.25) is 11.8 Å². The summed E-state index contributed by atoms with van der Waals surface area (Å²) in [5.41, 5.74) is 0.714. The second-order valence-electron chi connectivity index (χ2n) is 7.01. The molecule has 1 amide bonds. The molecule has 0 saturated heterocycles.